The second-order valence-corrected chi connectivity index (χ2v) is 6.46. The largest absolute Gasteiger partial charge is 0.506 e. The fraction of sp³-hybridized carbons (Fsp3) is 0.368. The summed E-state index contributed by atoms with van der Waals surface area (Å²) >= 11 is 0. The van der Waals surface area contributed by atoms with Gasteiger partial charge in [-0.2, -0.15) is 0 Å². The highest BCUT2D eigenvalue weighted by atomic mass is 16.5. The number of pyridine rings is 1. The van der Waals surface area contributed by atoms with Gasteiger partial charge in [0, 0.05) is 12.7 Å². The van der Waals surface area contributed by atoms with Crippen LogP contribution in [0.5, 0.6) is 11.5 Å². The number of benzene rings is 1. The van der Waals surface area contributed by atoms with E-state index in [-0.39, 0.29) is 17.7 Å². The maximum atomic E-state index is 12.8. The molecule has 1 aromatic heterocycles. The van der Waals surface area contributed by atoms with Gasteiger partial charge in [-0.3, -0.25) is 9.78 Å². The molecule has 0 aliphatic carbocycles. The Kier molecular flexibility index (Phi) is 4.63. The van der Waals surface area contributed by atoms with Crippen LogP contribution in [-0.4, -0.2) is 45.7 Å². The van der Waals surface area contributed by atoms with E-state index in [0.717, 1.165) is 12.0 Å². The highest BCUT2D eigenvalue weighted by Crippen LogP contribution is 2.36. The number of aromatic nitrogens is 1. The van der Waals surface area contributed by atoms with E-state index in [1.165, 1.54) is 18.5 Å². The third-order valence-electron chi connectivity index (χ3n) is 4.81. The zero-order valence-electron chi connectivity index (χ0n) is 14.3. The fourth-order valence-electron chi connectivity index (χ4n) is 3.43. The molecule has 132 valence electrons. The summed E-state index contributed by atoms with van der Waals surface area (Å²) in [5.74, 6) is 0.424. The maximum absolute atomic E-state index is 12.8. The molecular weight excluding hydrogens is 320 g/mol. The Morgan fingerprint density at radius 3 is 2.68 bits per heavy atom. The Hall–Kier alpha value is -2.60. The lowest BCUT2D eigenvalue weighted by molar-refractivity contribution is -0.0177. The summed E-state index contributed by atoms with van der Waals surface area (Å²) in [7, 11) is 1.59. The molecule has 1 aliphatic rings. The summed E-state index contributed by atoms with van der Waals surface area (Å²) in [5.41, 5.74) is -0.146. The zero-order chi connectivity index (χ0) is 18.0. The predicted molar refractivity (Wildman–Crippen MR) is 92.5 cm³/mol. The quantitative estimate of drug-likeness (QED) is 0.891. The van der Waals surface area contributed by atoms with Gasteiger partial charge in [0.15, 0.2) is 0 Å². The third kappa shape index (κ3) is 3.30. The van der Waals surface area contributed by atoms with Gasteiger partial charge in [0.2, 0.25) is 0 Å². The lowest BCUT2D eigenvalue weighted by atomic mass is 9.86. The van der Waals surface area contributed by atoms with Crippen molar-refractivity contribution in [2.75, 3.05) is 13.7 Å². The van der Waals surface area contributed by atoms with Crippen LogP contribution < -0.4 is 4.74 Å². The first-order valence-electron chi connectivity index (χ1n) is 8.25. The van der Waals surface area contributed by atoms with E-state index < -0.39 is 5.60 Å². The van der Waals surface area contributed by atoms with Crippen LogP contribution in [0.15, 0.2) is 42.7 Å². The number of ether oxygens (including phenoxy) is 1. The van der Waals surface area contributed by atoms with Crippen molar-refractivity contribution in [3.05, 3.63) is 53.9 Å². The van der Waals surface area contributed by atoms with E-state index in [1.54, 1.807) is 31.1 Å². The fourth-order valence-corrected chi connectivity index (χ4v) is 3.43. The molecular formula is C19H22N2O4. The van der Waals surface area contributed by atoms with Crippen molar-refractivity contribution in [2.45, 2.75) is 31.4 Å². The molecule has 2 heterocycles. The molecule has 0 bridgehead atoms. The van der Waals surface area contributed by atoms with Gasteiger partial charge in [0.25, 0.3) is 5.91 Å². The molecule has 0 unspecified atom stereocenters. The van der Waals surface area contributed by atoms with E-state index in [2.05, 4.69) is 4.98 Å². The number of aliphatic hydroxyl groups is 1. The highest BCUT2D eigenvalue weighted by molar-refractivity contribution is 5.94. The Labute approximate surface area is 146 Å². The summed E-state index contributed by atoms with van der Waals surface area (Å²) in [6.07, 6.45) is 4.23. The van der Waals surface area contributed by atoms with E-state index in [0.29, 0.717) is 24.3 Å². The first-order valence-corrected chi connectivity index (χ1v) is 8.25. The maximum Gasteiger partial charge on any atom is 0.255 e. The molecule has 6 heteroatoms. The minimum atomic E-state index is -1.19. The molecule has 0 saturated carbocycles. The molecule has 1 fully saturated rings. The van der Waals surface area contributed by atoms with Crippen molar-refractivity contribution in [3.63, 3.8) is 0 Å². The van der Waals surface area contributed by atoms with E-state index in [1.807, 2.05) is 12.1 Å². The van der Waals surface area contributed by atoms with Gasteiger partial charge in [0.1, 0.15) is 17.1 Å². The minimum Gasteiger partial charge on any atom is -0.506 e. The van der Waals surface area contributed by atoms with Crippen molar-refractivity contribution in [2.24, 2.45) is 0 Å². The Morgan fingerprint density at radius 1 is 1.32 bits per heavy atom. The number of amides is 1. The van der Waals surface area contributed by atoms with Crippen molar-refractivity contribution in [1.82, 2.24) is 9.88 Å². The number of aromatic hydroxyl groups is 1. The lowest BCUT2D eigenvalue weighted by Crippen LogP contribution is -2.48. The van der Waals surface area contributed by atoms with Crippen molar-refractivity contribution in [1.29, 1.82) is 0 Å². The third-order valence-corrected chi connectivity index (χ3v) is 4.81. The Bertz CT molecular complexity index is 758. The summed E-state index contributed by atoms with van der Waals surface area (Å²) in [5, 5.41) is 20.7. The number of likely N-dealkylation sites (tertiary alicyclic amines) is 1. The topological polar surface area (TPSA) is 82.9 Å². The molecule has 1 amide bonds. The molecule has 1 aromatic carbocycles. The van der Waals surface area contributed by atoms with Crippen LogP contribution in [0.4, 0.5) is 0 Å². The Balaban J connectivity index is 1.87. The zero-order valence-corrected chi connectivity index (χ0v) is 14.3. The van der Waals surface area contributed by atoms with Gasteiger partial charge in [-0.05, 0) is 43.5 Å². The van der Waals surface area contributed by atoms with E-state index >= 15 is 0 Å². The van der Waals surface area contributed by atoms with E-state index in [4.69, 9.17) is 4.74 Å². The van der Waals surface area contributed by atoms with Gasteiger partial charge in [-0.25, -0.2) is 0 Å². The van der Waals surface area contributed by atoms with Crippen molar-refractivity contribution >= 4 is 5.91 Å². The normalized spacial score (nSPS) is 19.5. The second kappa shape index (κ2) is 6.72. The lowest BCUT2D eigenvalue weighted by Gasteiger charge is -2.37. The first kappa shape index (κ1) is 17.2. The summed E-state index contributed by atoms with van der Waals surface area (Å²) in [6.45, 7) is 2.29. The molecule has 6 nitrogen and oxygen atoms in total. The predicted octanol–water partition coefficient (Wildman–Crippen LogP) is 2.31. The highest BCUT2D eigenvalue weighted by Gasteiger charge is 2.42. The van der Waals surface area contributed by atoms with Crippen LogP contribution in [0.1, 0.15) is 35.7 Å². The number of rotatable bonds is 4. The molecule has 1 saturated heterocycles. The van der Waals surface area contributed by atoms with Crippen LogP contribution in [0.25, 0.3) is 0 Å². The molecule has 25 heavy (non-hydrogen) atoms. The molecule has 0 spiro atoms. The number of carbonyl (C=O) groups excluding carboxylic acids is 1. The molecule has 3 rings (SSSR count). The average Bonchev–Trinajstić information content (AvgIpc) is 3.11. The number of carbonyl (C=O) groups is 1. The van der Waals surface area contributed by atoms with Crippen LogP contribution in [0, 0.1) is 0 Å². The number of hydrogen-bond donors (Lipinski definition) is 2. The van der Waals surface area contributed by atoms with Crippen LogP contribution in [0.2, 0.25) is 0 Å². The van der Waals surface area contributed by atoms with Crippen molar-refractivity contribution < 1.29 is 19.7 Å². The van der Waals surface area contributed by atoms with Gasteiger partial charge in [-0.15, -0.1) is 0 Å². The van der Waals surface area contributed by atoms with Gasteiger partial charge >= 0.3 is 0 Å². The SMILES string of the molecule is COc1ccc([C@@](C)(O)[C@H]2CCCN2C(=O)c2cncc(O)c2)cc1. The summed E-state index contributed by atoms with van der Waals surface area (Å²) in [6, 6.07) is 8.27. The number of nitrogens with zero attached hydrogens (tertiary/aromatic N) is 2. The number of methoxy groups -OCH3 is 1. The van der Waals surface area contributed by atoms with Crippen LogP contribution in [-0.2, 0) is 5.60 Å². The molecule has 2 N–H and O–H groups in total. The van der Waals surface area contributed by atoms with Crippen molar-refractivity contribution in [3.8, 4) is 11.5 Å². The Morgan fingerprint density at radius 2 is 2.04 bits per heavy atom. The van der Waals surface area contributed by atoms with Gasteiger partial charge in [0.05, 0.1) is 24.9 Å². The number of hydrogen-bond acceptors (Lipinski definition) is 5. The molecule has 2 atom stereocenters. The minimum absolute atomic E-state index is 0.0523. The molecule has 1 aliphatic heterocycles. The van der Waals surface area contributed by atoms with Crippen LogP contribution in [0.3, 0.4) is 0 Å². The smallest absolute Gasteiger partial charge is 0.255 e. The summed E-state index contributed by atoms with van der Waals surface area (Å²) in [4.78, 5) is 18.4. The van der Waals surface area contributed by atoms with E-state index in [9.17, 15) is 15.0 Å². The van der Waals surface area contributed by atoms with Gasteiger partial charge < -0.3 is 19.8 Å². The van der Waals surface area contributed by atoms with Gasteiger partial charge in [-0.1, -0.05) is 12.1 Å². The standard InChI is InChI=1S/C19H22N2O4/c1-19(24,14-5-7-16(25-2)8-6-14)17-4-3-9-21(17)18(23)13-10-15(22)12-20-11-13/h5-8,10-12,17,22,24H,3-4,9H2,1-2H3/t17-,19-/m1/s1. The summed E-state index contributed by atoms with van der Waals surface area (Å²) < 4.78 is 5.16. The average molecular weight is 342 g/mol. The monoisotopic (exact) mass is 342 g/mol. The first-order chi connectivity index (χ1) is 11.9. The van der Waals surface area contributed by atoms with Crippen LogP contribution >= 0.6 is 0 Å². The second-order valence-electron chi connectivity index (χ2n) is 6.46. The molecule has 0 radical (unpaired) electrons. The molecule has 2 aromatic rings.